The number of ether oxygens (including phenoxy) is 2. The van der Waals surface area contributed by atoms with Gasteiger partial charge in [0.2, 0.25) is 28.5 Å². The van der Waals surface area contributed by atoms with Crippen LogP contribution >= 0.6 is 0 Å². The van der Waals surface area contributed by atoms with E-state index in [1.54, 1.807) is 31.4 Å². The minimum Gasteiger partial charge on any atom is -0.497 e. The van der Waals surface area contributed by atoms with Crippen molar-refractivity contribution >= 4 is 16.9 Å². The highest BCUT2D eigenvalue weighted by Gasteiger charge is 2.38. The molecule has 1 heterocycles. The third-order valence-corrected chi connectivity index (χ3v) is 4.57. The number of Topliss-reactive ketones (excluding diaryl/α,β-unsaturated/α-hetero) is 1. The van der Waals surface area contributed by atoms with Crippen molar-refractivity contribution in [2.45, 2.75) is 11.9 Å². The molecule has 3 rings (SSSR count). The zero-order valence-corrected chi connectivity index (χ0v) is 14.3. The minimum atomic E-state index is -1.74. The fraction of sp³-hybridized carbons (Fsp3) is 0.167. The Morgan fingerprint density at radius 3 is 2.44 bits per heavy atom. The summed E-state index contributed by atoms with van der Waals surface area (Å²) in [5, 5.41) is 0. The Labute approximate surface area is 147 Å². The molecule has 0 saturated heterocycles. The van der Waals surface area contributed by atoms with E-state index in [1.807, 2.05) is 30.3 Å². The van der Waals surface area contributed by atoms with Crippen LogP contribution in [-0.2, 0) is 30.5 Å². The Balaban J connectivity index is 1.68. The van der Waals surface area contributed by atoms with Gasteiger partial charge < -0.3 is 19.4 Å². The summed E-state index contributed by atoms with van der Waals surface area (Å²) in [6.07, 6.45) is -0.908. The standard InChI is InChI=1S/C18H17NO5S/c1-22-14-9-7-13(8-10-14)16-15(20)17(18(19)23-16)24-25(21)11-12-5-3-2-4-6-12/h2-10,16H,11,19H2,1H3. The Kier molecular flexibility index (Phi) is 5.04. The molecule has 6 nitrogen and oxygen atoms in total. The second-order valence-corrected chi connectivity index (χ2v) is 6.41. The molecule has 0 bridgehead atoms. The van der Waals surface area contributed by atoms with E-state index >= 15 is 0 Å². The van der Waals surface area contributed by atoms with Gasteiger partial charge in [-0.25, -0.2) is 4.21 Å². The molecule has 0 fully saturated rings. The number of nitrogens with two attached hydrogens (primary N) is 1. The van der Waals surface area contributed by atoms with Gasteiger partial charge in [0.15, 0.2) is 6.10 Å². The summed E-state index contributed by atoms with van der Waals surface area (Å²) in [5.74, 6) is -0.0000713. The maximum absolute atomic E-state index is 12.5. The maximum atomic E-state index is 12.5. The van der Waals surface area contributed by atoms with Crippen molar-refractivity contribution in [1.82, 2.24) is 0 Å². The molecule has 2 unspecified atom stereocenters. The first kappa shape index (κ1) is 17.0. The fourth-order valence-corrected chi connectivity index (χ4v) is 3.26. The molecule has 0 saturated carbocycles. The van der Waals surface area contributed by atoms with Gasteiger partial charge >= 0.3 is 0 Å². The molecule has 2 atom stereocenters. The van der Waals surface area contributed by atoms with Crippen molar-refractivity contribution in [3.8, 4) is 5.75 Å². The van der Waals surface area contributed by atoms with Gasteiger partial charge in [-0.1, -0.05) is 42.5 Å². The lowest BCUT2D eigenvalue weighted by Crippen LogP contribution is -2.13. The van der Waals surface area contributed by atoms with E-state index in [0.717, 1.165) is 5.56 Å². The minimum absolute atomic E-state index is 0.151. The van der Waals surface area contributed by atoms with E-state index in [0.29, 0.717) is 11.3 Å². The third-order valence-electron chi connectivity index (χ3n) is 3.65. The predicted molar refractivity (Wildman–Crippen MR) is 92.4 cm³/mol. The molecule has 0 amide bonds. The largest absolute Gasteiger partial charge is 0.497 e. The van der Waals surface area contributed by atoms with Crippen molar-refractivity contribution in [2.75, 3.05) is 7.11 Å². The predicted octanol–water partition coefficient (Wildman–Crippen LogP) is 2.34. The van der Waals surface area contributed by atoms with Crippen LogP contribution in [0.15, 0.2) is 66.2 Å². The van der Waals surface area contributed by atoms with Crippen LogP contribution in [0, 0.1) is 0 Å². The molecular formula is C18H17NO5S. The smallest absolute Gasteiger partial charge is 0.249 e. The zero-order chi connectivity index (χ0) is 17.8. The van der Waals surface area contributed by atoms with Crippen molar-refractivity contribution in [1.29, 1.82) is 0 Å². The topological polar surface area (TPSA) is 87.8 Å². The van der Waals surface area contributed by atoms with E-state index in [1.165, 1.54) is 0 Å². The van der Waals surface area contributed by atoms with Crippen molar-refractivity contribution in [3.63, 3.8) is 0 Å². The van der Waals surface area contributed by atoms with Crippen LogP contribution in [0.3, 0.4) is 0 Å². The monoisotopic (exact) mass is 359 g/mol. The number of benzene rings is 2. The third kappa shape index (κ3) is 3.83. The van der Waals surface area contributed by atoms with Gasteiger partial charge in [-0.15, -0.1) is 0 Å². The van der Waals surface area contributed by atoms with E-state index in [4.69, 9.17) is 19.4 Å². The van der Waals surface area contributed by atoms with Crippen LogP contribution in [0.1, 0.15) is 17.2 Å². The average molecular weight is 359 g/mol. The molecule has 2 aromatic rings. The molecule has 0 spiro atoms. The molecule has 7 heteroatoms. The Morgan fingerprint density at radius 1 is 1.12 bits per heavy atom. The summed E-state index contributed by atoms with van der Waals surface area (Å²) in [6, 6.07) is 16.0. The first-order chi connectivity index (χ1) is 12.1. The van der Waals surface area contributed by atoms with Crippen LogP contribution in [0.4, 0.5) is 0 Å². The molecule has 2 aromatic carbocycles. The molecule has 130 valence electrons. The quantitative estimate of drug-likeness (QED) is 0.852. The van der Waals surface area contributed by atoms with Gasteiger partial charge in [0.1, 0.15) is 5.75 Å². The lowest BCUT2D eigenvalue weighted by atomic mass is 10.1. The van der Waals surface area contributed by atoms with Crippen LogP contribution < -0.4 is 10.5 Å². The van der Waals surface area contributed by atoms with E-state index in [-0.39, 0.29) is 17.4 Å². The van der Waals surface area contributed by atoms with Gasteiger partial charge in [-0.3, -0.25) is 4.79 Å². The number of methoxy groups -OCH3 is 1. The van der Waals surface area contributed by atoms with Crippen LogP contribution in [0.2, 0.25) is 0 Å². The summed E-state index contributed by atoms with van der Waals surface area (Å²) < 4.78 is 27.9. The summed E-state index contributed by atoms with van der Waals surface area (Å²) in [7, 11) is 1.56. The number of carbonyl (C=O) groups is 1. The highest BCUT2D eigenvalue weighted by Crippen LogP contribution is 2.32. The normalized spacial score (nSPS) is 18.0. The lowest BCUT2D eigenvalue weighted by molar-refractivity contribution is -0.123. The van der Waals surface area contributed by atoms with Gasteiger partial charge in [0.05, 0.1) is 12.9 Å². The molecule has 2 N–H and O–H groups in total. The molecule has 0 radical (unpaired) electrons. The SMILES string of the molecule is COc1ccc(C2OC(N)=C(OS(=O)Cc3ccccc3)C2=O)cc1. The zero-order valence-electron chi connectivity index (χ0n) is 13.5. The second-order valence-electron chi connectivity index (χ2n) is 5.35. The highest BCUT2D eigenvalue weighted by atomic mass is 32.2. The van der Waals surface area contributed by atoms with E-state index in [9.17, 15) is 9.00 Å². The maximum Gasteiger partial charge on any atom is 0.249 e. The number of ketones is 1. The summed E-state index contributed by atoms with van der Waals surface area (Å²) in [4.78, 5) is 12.5. The van der Waals surface area contributed by atoms with Crippen molar-refractivity contribution < 1.29 is 22.7 Å². The van der Waals surface area contributed by atoms with Gasteiger partial charge in [-0.2, -0.15) is 0 Å². The van der Waals surface area contributed by atoms with Crippen molar-refractivity contribution in [3.05, 3.63) is 77.4 Å². The van der Waals surface area contributed by atoms with E-state index in [2.05, 4.69) is 0 Å². The fourth-order valence-electron chi connectivity index (χ4n) is 2.39. The molecule has 1 aliphatic rings. The molecule has 1 aliphatic heterocycles. The van der Waals surface area contributed by atoms with Crippen LogP contribution in [-0.4, -0.2) is 17.1 Å². The highest BCUT2D eigenvalue weighted by molar-refractivity contribution is 7.79. The second kappa shape index (κ2) is 7.40. The van der Waals surface area contributed by atoms with Crippen LogP contribution in [0.5, 0.6) is 5.75 Å². The number of hydrogen-bond donors (Lipinski definition) is 1. The molecule has 0 aromatic heterocycles. The van der Waals surface area contributed by atoms with Crippen LogP contribution in [0.25, 0.3) is 0 Å². The molecular weight excluding hydrogens is 342 g/mol. The van der Waals surface area contributed by atoms with Gasteiger partial charge in [-0.05, 0) is 17.7 Å². The Bertz CT molecular complexity index is 817. The lowest BCUT2D eigenvalue weighted by Gasteiger charge is -2.10. The number of hydrogen-bond acceptors (Lipinski definition) is 6. The molecule has 0 aliphatic carbocycles. The first-order valence-electron chi connectivity index (χ1n) is 7.53. The summed E-state index contributed by atoms with van der Waals surface area (Å²) in [5.41, 5.74) is 7.19. The van der Waals surface area contributed by atoms with E-state index < -0.39 is 23.0 Å². The van der Waals surface area contributed by atoms with Crippen molar-refractivity contribution in [2.24, 2.45) is 5.73 Å². The number of rotatable bonds is 6. The van der Waals surface area contributed by atoms with Gasteiger partial charge in [0, 0.05) is 5.56 Å². The van der Waals surface area contributed by atoms with Gasteiger partial charge in [0.25, 0.3) is 0 Å². The number of carbonyl (C=O) groups excluding carboxylic acids is 1. The Hall–Kier alpha value is -2.80. The summed E-state index contributed by atoms with van der Waals surface area (Å²) >= 11 is -1.74. The molecule has 25 heavy (non-hydrogen) atoms. The first-order valence-corrected chi connectivity index (χ1v) is 8.78. The Morgan fingerprint density at radius 2 is 1.80 bits per heavy atom. The average Bonchev–Trinajstić information content (AvgIpc) is 2.91. The summed E-state index contributed by atoms with van der Waals surface area (Å²) in [6.45, 7) is 0.